The van der Waals surface area contributed by atoms with Gasteiger partial charge in [0, 0.05) is 12.8 Å². The summed E-state index contributed by atoms with van der Waals surface area (Å²) in [6.07, 6.45) is 3.81. The van der Waals surface area contributed by atoms with Crippen molar-refractivity contribution in [2.24, 2.45) is 0 Å². The topological polar surface area (TPSA) is 79.0 Å². The summed E-state index contributed by atoms with van der Waals surface area (Å²) in [6.45, 7) is 1.78. The molecule has 16 heavy (non-hydrogen) atoms. The van der Waals surface area contributed by atoms with E-state index in [1.807, 2.05) is 0 Å². The quantitative estimate of drug-likeness (QED) is 0.750. The molecule has 1 atom stereocenters. The molecule has 1 aromatic heterocycles. The van der Waals surface area contributed by atoms with Gasteiger partial charge in [-0.25, -0.2) is 4.98 Å². The average Bonchev–Trinajstić information content (AvgIpc) is 2.72. The Morgan fingerprint density at radius 3 is 2.44 bits per heavy atom. The predicted molar refractivity (Wildman–Crippen MR) is 55.1 cm³/mol. The molecule has 2 amide bonds. The van der Waals surface area contributed by atoms with Crippen LogP contribution >= 0.6 is 0 Å². The van der Waals surface area contributed by atoms with Crippen LogP contribution in [0.25, 0.3) is 0 Å². The molecule has 2 heterocycles. The Labute approximate surface area is 93.0 Å². The van der Waals surface area contributed by atoms with Gasteiger partial charge in [0.2, 0.25) is 11.8 Å². The zero-order valence-corrected chi connectivity index (χ0v) is 9.14. The third kappa shape index (κ3) is 1.95. The first kappa shape index (κ1) is 10.8. The van der Waals surface area contributed by atoms with Crippen LogP contribution in [-0.4, -0.2) is 31.9 Å². The van der Waals surface area contributed by atoms with E-state index >= 15 is 0 Å². The number of H-pyrrole nitrogens is 1. The van der Waals surface area contributed by atoms with Gasteiger partial charge < -0.3 is 0 Å². The number of hydrogen-bond acceptors (Lipinski definition) is 4. The van der Waals surface area contributed by atoms with Gasteiger partial charge in [-0.1, -0.05) is 0 Å². The molecule has 0 saturated carbocycles. The van der Waals surface area contributed by atoms with E-state index in [1.165, 1.54) is 11.2 Å². The lowest BCUT2D eigenvalue weighted by Gasteiger charge is -2.24. The first-order valence-electron chi connectivity index (χ1n) is 5.40. The average molecular weight is 222 g/mol. The fraction of sp³-hybridized carbons (Fsp3) is 0.600. The molecule has 1 fully saturated rings. The highest BCUT2D eigenvalue weighted by atomic mass is 16.2. The first-order chi connectivity index (χ1) is 7.70. The van der Waals surface area contributed by atoms with E-state index in [2.05, 4.69) is 15.2 Å². The third-order valence-electron chi connectivity index (χ3n) is 2.79. The molecule has 1 N–H and O–H groups in total. The summed E-state index contributed by atoms with van der Waals surface area (Å²) in [7, 11) is 0. The Balaban J connectivity index is 2.22. The maximum Gasteiger partial charge on any atom is 0.229 e. The van der Waals surface area contributed by atoms with Crippen LogP contribution in [-0.2, 0) is 9.59 Å². The largest absolute Gasteiger partial charge is 0.274 e. The van der Waals surface area contributed by atoms with Gasteiger partial charge in [-0.2, -0.15) is 5.10 Å². The number of amides is 2. The Hall–Kier alpha value is -1.72. The van der Waals surface area contributed by atoms with Crippen LogP contribution in [0.1, 0.15) is 44.5 Å². The van der Waals surface area contributed by atoms with E-state index in [4.69, 9.17) is 0 Å². The molecule has 1 aliphatic rings. The SMILES string of the molecule is CC(c1ncn[nH]1)N1C(=O)CCCCC1=O. The minimum atomic E-state index is -0.361. The van der Waals surface area contributed by atoms with Gasteiger partial charge in [0.05, 0.1) is 6.04 Å². The van der Waals surface area contributed by atoms with Crippen LogP contribution < -0.4 is 0 Å². The first-order valence-corrected chi connectivity index (χ1v) is 5.40. The predicted octanol–water partition coefficient (Wildman–Crippen LogP) is 0.795. The number of aromatic amines is 1. The molecular formula is C10H14N4O2. The van der Waals surface area contributed by atoms with Crippen LogP contribution in [0.15, 0.2) is 6.33 Å². The van der Waals surface area contributed by atoms with Crippen molar-refractivity contribution in [2.75, 3.05) is 0 Å². The number of rotatable bonds is 2. The summed E-state index contributed by atoms with van der Waals surface area (Å²) in [5, 5.41) is 6.41. The minimum absolute atomic E-state index is 0.119. The Morgan fingerprint density at radius 2 is 1.94 bits per heavy atom. The second-order valence-electron chi connectivity index (χ2n) is 3.91. The van der Waals surface area contributed by atoms with E-state index in [1.54, 1.807) is 6.92 Å². The Kier molecular flexibility index (Phi) is 2.98. The second-order valence-corrected chi connectivity index (χ2v) is 3.91. The normalized spacial score (nSPS) is 19.7. The molecule has 86 valence electrons. The van der Waals surface area contributed by atoms with E-state index in [-0.39, 0.29) is 17.9 Å². The highest BCUT2D eigenvalue weighted by Gasteiger charge is 2.30. The summed E-state index contributed by atoms with van der Waals surface area (Å²) in [5.74, 6) is 0.307. The fourth-order valence-electron chi connectivity index (χ4n) is 1.90. The van der Waals surface area contributed by atoms with Gasteiger partial charge in [0.25, 0.3) is 0 Å². The van der Waals surface area contributed by atoms with Crippen molar-refractivity contribution in [1.29, 1.82) is 0 Å². The number of carbonyl (C=O) groups excluding carboxylic acids is 2. The van der Waals surface area contributed by atoms with Crippen LogP contribution in [0.5, 0.6) is 0 Å². The highest BCUT2D eigenvalue weighted by Crippen LogP contribution is 2.22. The molecule has 0 bridgehead atoms. The molecule has 0 aromatic carbocycles. The molecule has 2 rings (SSSR count). The number of nitrogens with one attached hydrogen (secondary N) is 1. The lowest BCUT2D eigenvalue weighted by atomic mass is 10.2. The Bertz CT molecular complexity index is 370. The summed E-state index contributed by atoms with van der Waals surface area (Å²) < 4.78 is 0. The molecule has 0 spiro atoms. The van der Waals surface area contributed by atoms with Crippen molar-refractivity contribution in [3.63, 3.8) is 0 Å². The van der Waals surface area contributed by atoms with Gasteiger partial charge in [-0.05, 0) is 19.8 Å². The monoisotopic (exact) mass is 222 g/mol. The van der Waals surface area contributed by atoms with E-state index in [9.17, 15) is 9.59 Å². The summed E-state index contributed by atoms with van der Waals surface area (Å²) >= 11 is 0. The second kappa shape index (κ2) is 4.42. The molecule has 6 heteroatoms. The summed E-state index contributed by atoms with van der Waals surface area (Å²) in [5.41, 5.74) is 0. The van der Waals surface area contributed by atoms with E-state index < -0.39 is 0 Å². The molecular weight excluding hydrogens is 208 g/mol. The number of imide groups is 1. The zero-order chi connectivity index (χ0) is 11.5. The zero-order valence-electron chi connectivity index (χ0n) is 9.14. The lowest BCUT2D eigenvalue weighted by molar-refractivity contribution is -0.146. The molecule has 1 aromatic rings. The molecule has 1 aliphatic heterocycles. The maximum absolute atomic E-state index is 11.8. The molecule has 6 nitrogen and oxygen atoms in total. The third-order valence-corrected chi connectivity index (χ3v) is 2.79. The standard InChI is InChI=1S/C10H14N4O2/c1-7(10-11-6-12-13-10)14-8(15)4-2-3-5-9(14)16/h6-7H,2-5H2,1H3,(H,11,12,13). The number of nitrogens with zero attached hydrogens (tertiary/aromatic N) is 3. The summed E-state index contributed by atoms with van der Waals surface area (Å²) in [4.78, 5) is 28.9. The van der Waals surface area contributed by atoms with E-state index in [0.29, 0.717) is 18.7 Å². The minimum Gasteiger partial charge on any atom is -0.274 e. The van der Waals surface area contributed by atoms with Crippen LogP contribution in [0.3, 0.4) is 0 Å². The molecule has 0 radical (unpaired) electrons. The van der Waals surface area contributed by atoms with Gasteiger partial charge in [-0.3, -0.25) is 19.6 Å². The van der Waals surface area contributed by atoms with Crippen LogP contribution in [0.4, 0.5) is 0 Å². The molecule has 1 unspecified atom stereocenters. The number of likely N-dealkylation sites (tertiary alicyclic amines) is 1. The van der Waals surface area contributed by atoms with Crippen molar-refractivity contribution in [3.8, 4) is 0 Å². The van der Waals surface area contributed by atoms with Crippen molar-refractivity contribution in [1.82, 2.24) is 20.1 Å². The number of hydrogen-bond donors (Lipinski definition) is 1. The highest BCUT2D eigenvalue weighted by molar-refractivity contribution is 5.96. The Morgan fingerprint density at radius 1 is 1.31 bits per heavy atom. The smallest absolute Gasteiger partial charge is 0.229 e. The van der Waals surface area contributed by atoms with Crippen molar-refractivity contribution in [3.05, 3.63) is 12.2 Å². The molecule has 0 aliphatic carbocycles. The number of carbonyl (C=O) groups is 2. The van der Waals surface area contributed by atoms with Crippen molar-refractivity contribution < 1.29 is 9.59 Å². The van der Waals surface area contributed by atoms with Crippen molar-refractivity contribution in [2.45, 2.75) is 38.6 Å². The lowest BCUT2D eigenvalue weighted by Crippen LogP contribution is -2.37. The van der Waals surface area contributed by atoms with Gasteiger partial charge in [0.15, 0.2) is 0 Å². The van der Waals surface area contributed by atoms with Crippen molar-refractivity contribution >= 4 is 11.8 Å². The molecule has 1 saturated heterocycles. The fourth-order valence-corrected chi connectivity index (χ4v) is 1.90. The van der Waals surface area contributed by atoms with Gasteiger partial charge in [0.1, 0.15) is 12.2 Å². The van der Waals surface area contributed by atoms with Gasteiger partial charge >= 0.3 is 0 Å². The van der Waals surface area contributed by atoms with Gasteiger partial charge in [-0.15, -0.1) is 0 Å². The van der Waals surface area contributed by atoms with Crippen LogP contribution in [0, 0.1) is 0 Å². The van der Waals surface area contributed by atoms with Crippen LogP contribution in [0.2, 0.25) is 0 Å². The maximum atomic E-state index is 11.8. The summed E-state index contributed by atoms with van der Waals surface area (Å²) in [6, 6.07) is -0.361. The van der Waals surface area contributed by atoms with E-state index in [0.717, 1.165) is 12.8 Å². The number of aromatic nitrogens is 3.